The summed E-state index contributed by atoms with van der Waals surface area (Å²) in [6.45, 7) is 7.99. The number of para-hydroxylation sites is 1. The molecule has 0 aliphatic carbocycles. The summed E-state index contributed by atoms with van der Waals surface area (Å²) < 4.78 is 0. The Morgan fingerprint density at radius 1 is 1.10 bits per heavy atom. The van der Waals surface area contributed by atoms with Crippen molar-refractivity contribution in [2.75, 3.05) is 0 Å². The summed E-state index contributed by atoms with van der Waals surface area (Å²) in [4.78, 5) is 38.8. The molecule has 2 rings (SSSR count). The molecule has 2 amide bonds. The summed E-state index contributed by atoms with van der Waals surface area (Å²) in [5, 5.41) is 14.3. The van der Waals surface area contributed by atoms with Gasteiger partial charge in [0.25, 0.3) is 5.69 Å². The van der Waals surface area contributed by atoms with Gasteiger partial charge < -0.3 is 10.2 Å². The van der Waals surface area contributed by atoms with Gasteiger partial charge >= 0.3 is 0 Å². The lowest BCUT2D eigenvalue weighted by molar-refractivity contribution is -0.385. The highest BCUT2D eigenvalue weighted by Crippen LogP contribution is 2.21. The first-order valence-corrected chi connectivity index (χ1v) is 10.6. The van der Waals surface area contributed by atoms with Gasteiger partial charge in [-0.15, -0.1) is 0 Å². The molecule has 0 unspecified atom stereocenters. The zero-order chi connectivity index (χ0) is 23.0. The van der Waals surface area contributed by atoms with Crippen LogP contribution >= 0.6 is 0 Å². The van der Waals surface area contributed by atoms with Gasteiger partial charge in [0.15, 0.2) is 0 Å². The van der Waals surface area contributed by atoms with Crippen molar-refractivity contribution in [3.05, 3.63) is 75.3 Å². The highest BCUT2D eigenvalue weighted by atomic mass is 16.6. The van der Waals surface area contributed by atoms with Gasteiger partial charge in [0.2, 0.25) is 11.8 Å². The van der Waals surface area contributed by atoms with E-state index in [9.17, 15) is 19.7 Å². The lowest BCUT2D eigenvalue weighted by Gasteiger charge is -2.31. The number of rotatable bonds is 10. The zero-order valence-electron chi connectivity index (χ0n) is 18.6. The normalized spacial score (nSPS) is 12.6. The van der Waals surface area contributed by atoms with Gasteiger partial charge in [-0.25, -0.2) is 0 Å². The maximum Gasteiger partial charge on any atom is 0.273 e. The second kappa shape index (κ2) is 11.2. The maximum atomic E-state index is 13.4. The maximum absolute atomic E-state index is 13.4. The van der Waals surface area contributed by atoms with E-state index in [0.29, 0.717) is 12.0 Å². The first-order chi connectivity index (χ1) is 14.8. The predicted molar refractivity (Wildman–Crippen MR) is 121 cm³/mol. The standard InChI is InChI=1S/C24H31N3O4/c1-5-18(4)25-24(29)21(6-2)26(16-19-11-9-10-17(3)14-19)23(28)15-20-12-7-8-13-22(20)27(30)31/h7-14,18,21H,5-6,15-16H2,1-4H3,(H,25,29)/t18-,21+/m0/s1. The zero-order valence-corrected chi connectivity index (χ0v) is 18.6. The predicted octanol–water partition coefficient (Wildman–Crippen LogP) is 4.17. The van der Waals surface area contributed by atoms with Crippen LogP contribution in [0.4, 0.5) is 5.69 Å². The Morgan fingerprint density at radius 2 is 1.81 bits per heavy atom. The van der Waals surface area contributed by atoms with E-state index in [2.05, 4.69) is 5.32 Å². The van der Waals surface area contributed by atoms with Crippen LogP contribution in [-0.2, 0) is 22.6 Å². The molecule has 0 spiro atoms. The number of nitrogens with one attached hydrogen (secondary N) is 1. The van der Waals surface area contributed by atoms with Crippen LogP contribution in [0.2, 0.25) is 0 Å². The minimum atomic E-state index is -0.662. The van der Waals surface area contributed by atoms with E-state index in [-0.39, 0.29) is 36.5 Å². The second-order valence-corrected chi connectivity index (χ2v) is 7.82. The molecule has 31 heavy (non-hydrogen) atoms. The SMILES string of the molecule is CC[C@H](C(=O)N[C@@H](C)CC)N(Cc1cccc(C)c1)C(=O)Cc1ccccc1[N+](=O)[O-]. The first kappa shape index (κ1) is 24.1. The Hall–Kier alpha value is -3.22. The van der Waals surface area contributed by atoms with E-state index in [0.717, 1.165) is 17.5 Å². The Labute approximate surface area is 183 Å². The lowest BCUT2D eigenvalue weighted by Crippen LogP contribution is -2.51. The number of hydrogen-bond acceptors (Lipinski definition) is 4. The largest absolute Gasteiger partial charge is 0.352 e. The molecule has 0 aromatic heterocycles. The molecule has 0 bridgehead atoms. The topological polar surface area (TPSA) is 92.6 Å². The number of hydrogen-bond donors (Lipinski definition) is 1. The molecule has 2 aromatic carbocycles. The second-order valence-electron chi connectivity index (χ2n) is 7.82. The van der Waals surface area contributed by atoms with Crippen LogP contribution in [0, 0.1) is 17.0 Å². The van der Waals surface area contributed by atoms with Gasteiger partial charge in [-0.2, -0.15) is 0 Å². The van der Waals surface area contributed by atoms with Crippen LogP contribution in [0.1, 0.15) is 50.3 Å². The minimum absolute atomic E-state index is 0.00678. The summed E-state index contributed by atoms with van der Waals surface area (Å²) in [7, 11) is 0. The summed E-state index contributed by atoms with van der Waals surface area (Å²) in [6, 6.07) is 13.3. The van der Waals surface area contributed by atoms with Crippen LogP contribution in [0.15, 0.2) is 48.5 Å². The van der Waals surface area contributed by atoms with Gasteiger partial charge in [0.1, 0.15) is 6.04 Å². The molecule has 0 saturated heterocycles. The number of nitro benzene ring substituents is 1. The van der Waals surface area contributed by atoms with Crippen molar-refractivity contribution in [2.45, 2.75) is 65.6 Å². The van der Waals surface area contributed by atoms with E-state index in [1.165, 1.54) is 6.07 Å². The van der Waals surface area contributed by atoms with Crippen LogP contribution in [0.3, 0.4) is 0 Å². The fourth-order valence-corrected chi connectivity index (χ4v) is 3.47. The molecule has 2 aromatic rings. The molecule has 166 valence electrons. The molecule has 0 aliphatic heterocycles. The Bertz CT molecular complexity index is 929. The summed E-state index contributed by atoms with van der Waals surface area (Å²) in [5.41, 5.74) is 2.21. The van der Waals surface area contributed by atoms with E-state index in [1.807, 2.05) is 52.0 Å². The Balaban J connectivity index is 2.37. The smallest absolute Gasteiger partial charge is 0.273 e. The minimum Gasteiger partial charge on any atom is -0.352 e. The fraction of sp³-hybridized carbons (Fsp3) is 0.417. The molecule has 1 N–H and O–H groups in total. The van der Waals surface area contributed by atoms with Crippen molar-refractivity contribution in [3.8, 4) is 0 Å². The molecule has 0 radical (unpaired) electrons. The van der Waals surface area contributed by atoms with Crippen molar-refractivity contribution < 1.29 is 14.5 Å². The number of aryl methyl sites for hydroxylation is 1. The quantitative estimate of drug-likeness (QED) is 0.457. The van der Waals surface area contributed by atoms with Gasteiger partial charge in [-0.3, -0.25) is 19.7 Å². The molecule has 0 fully saturated rings. The van der Waals surface area contributed by atoms with E-state index < -0.39 is 11.0 Å². The molecule has 7 heteroatoms. The summed E-state index contributed by atoms with van der Waals surface area (Å²) in [5.74, 6) is -0.526. The lowest BCUT2D eigenvalue weighted by atomic mass is 10.0. The number of amides is 2. The Kier molecular flexibility index (Phi) is 8.73. The molecule has 7 nitrogen and oxygen atoms in total. The molecule has 0 saturated carbocycles. The molecular formula is C24H31N3O4. The highest BCUT2D eigenvalue weighted by molar-refractivity contribution is 5.89. The van der Waals surface area contributed by atoms with E-state index >= 15 is 0 Å². The Morgan fingerprint density at radius 3 is 2.42 bits per heavy atom. The third-order valence-corrected chi connectivity index (χ3v) is 5.35. The van der Waals surface area contributed by atoms with Crippen molar-refractivity contribution >= 4 is 17.5 Å². The average molecular weight is 426 g/mol. The van der Waals surface area contributed by atoms with Gasteiger partial charge in [-0.1, -0.05) is 61.9 Å². The van der Waals surface area contributed by atoms with Gasteiger partial charge in [0.05, 0.1) is 11.3 Å². The number of carbonyl (C=O) groups is 2. The molecular weight excluding hydrogens is 394 g/mol. The summed E-state index contributed by atoms with van der Waals surface area (Å²) in [6.07, 6.45) is 1.08. The van der Waals surface area contributed by atoms with Crippen LogP contribution in [0.5, 0.6) is 0 Å². The van der Waals surface area contributed by atoms with Crippen molar-refractivity contribution in [1.82, 2.24) is 10.2 Å². The van der Waals surface area contributed by atoms with Crippen LogP contribution in [0.25, 0.3) is 0 Å². The molecule has 0 aliphatic rings. The molecule has 2 atom stereocenters. The fourth-order valence-electron chi connectivity index (χ4n) is 3.47. The van der Waals surface area contributed by atoms with Gasteiger partial charge in [0, 0.05) is 24.2 Å². The van der Waals surface area contributed by atoms with Crippen molar-refractivity contribution in [3.63, 3.8) is 0 Å². The number of carbonyl (C=O) groups excluding carboxylic acids is 2. The number of benzene rings is 2. The highest BCUT2D eigenvalue weighted by Gasteiger charge is 2.30. The van der Waals surface area contributed by atoms with Crippen LogP contribution in [-0.4, -0.2) is 33.7 Å². The van der Waals surface area contributed by atoms with Crippen LogP contribution < -0.4 is 5.32 Å². The number of nitrogens with zero attached hydrogens (tertiary/aromatic N) is 2. The summed E-state index contributed by atoms with van der Waals surface area (Å²) >= 11 is 0. The van der Waals surface area contributed by atoms with E-state index in [1.54, 1.807) is 23.1 Å². The van der Waals surface area contributed by atoms with E-state index in [4.69, 9.17) is 0 Å². The monoisotopic (exact) mass is 425 g/mol. The van der Waals surface area contributed by atoms with Crippen molar-refractivity contribution in [2.24, 2.45) is 0 Å². The average Bonchev–Trinajstić information content (AvgIpc) is 2.73. The van der Waals surface area contributed by atoms with Crippen molar-refractivity contribution in [1.29, 1.82) is 0 Å². The first-order valence-electron chi connectivity index (χ1n) is 10.6. The third kappa shape index (κ3) is 6.64. The third-order valence-electron chi connectivity index (χ3n) is 5.35. The van der Waals surface area contributed by atoms with Gasteiger partial charge in [-0.05, 0) is 32.3 Å². The number of nitro groups is 1. The molecule has 0 heterocycles.